The molecule has 1 fully saturated rings. The average molecular weight is 293 g/mol. The van der Waals surface area contributed by atoms with Crippen molar-refractivity contribution in [2.24, 2.45) is 5.92 Å². The number of aromatic nitrogens is 1. The zero-order chi connectivity index (χ0) is 14.1. The first-order chi connectivity index (χ1) is 9.70. The van der Waals surface area contributed by atoms with Crippen molar-refractivity contribution >= 4 is 16.5 Å². The lowest BCUT2D eigenvalue weighted by Gasteiger charge is -2.27. The molecule has 0 amide bonds. The van der Waals surface area contributed by atoms with E-state index in [4.69, 9.17) is 4.98 Å². The van der Waals surface area contributed by atoms with Crippen LogP contribution in [0.4, 0.5) is 5.13 Å². The first-order valence-corrected chi connectivity index (χ1v) is 9.02. The quantitative estimate of drug-likeness (QED) is 0.916. The number of anilines is 1. The molecule has 2 heterocycles. The smallest absolute Gasteiger partial charge is 0.186 e. The Kier molecular flexibility index (Phi) is 4.32. The molecule has 1 N–H and O–H groups in total. The van der Waals surface area contributed by atoms with E-state index in [1.165, 1.54) is 54.4 Å². The Morgan fingerprint density at radius 2 is 2.20 bits per heavy atom. The van der Waals surface area contributed by atoms with Gasteiger partial charge in [-0.3, -0.25) is 0 Å². The average Bonchev–Trinajstić information content (AvgIpc) is 3.05. The van der Waals surface area contributed by atoms with Crippen molar-refractivity contribution in [3.63, 3.8) is 0 Å². The van der Waals surface area contributed by atoms with Gasteiger partial charge in [-0.25, -0.2) is 4.98 Å². The molecule has 20 heavy (non-hydrogen) atoms. The molecule has 0 radical (unpaired) electrons. The maximum atomic E-state index is 5.00. The lowest BCUT2D eigenvalue weighted by molar-refractivity contribution is 0.475. The van der Waals surface area contributed by atoms with Crippen molar-refractivity contribution in [1.29, 1.82) is 0 Å². The summed E-state index contributed by atoms with van der Waals surface area (Å²) in [6.45, 7) is 9.14. The Balaban J connectivity index is 1.85. The number of aryl methyl sites for hydroxylation is 1. The van der Waals surface area contributed by atoms with E-state index >= 15 is 0 Å². The highest BCUT2D eigenvalue weighted by atomic mass is 32.1. The van der Waals surface area contributed by atoms with Crippen LogP contribution in [-0.4, -0.2) is 24.1 Å². The predicted molar refractivity (Wildman–Crippen MR) is 86.7 cm³/mol. The van der Waals surface area contributed by atoms with E-state index < -0.39 is 0 Å². The van der Waals surface area contributed by atoms with Gasteiger partial charge in [0.2, 0.25) is 0 Å². The third-order valence-electron chi connectivity index (χ3n) is 4.70. The molecule has 1 aromatic heterocycles. The highest BCUT2D eigenvalue weighted by Crippen LogP contribution is 2.40. The molecule has 4 heteroatoms. The van der Waals surface area contributed by atoms with E-state index in [1.807, 2.05) is 11.3 Å². The molecule has 3 rings (SSSR count). The van der Waals surface area contributed by atoms with Crippen LogP contribution in [-0.2, 0) is 6.42 Å². The van der Waals surface area contributed by atoms with Gasteiger partial charge in [0.25, 0.3) is 0 Å². The number of hydrogen-bond donors (Lipinski definition) is 1. The molecule has 112 valence electrons. The van der Waals surface area contributed by atoms with Crippen LogP contribution < -0.4 is 10.2 Å². The van der Waals surface area contributed by atoms with E-state index in [0.717, 1.165) is 12.5 Å². The summed E-state index contributed by atoms with van der Waals surface area (Å²) in [6, 6.07) is 1.25. The van der Waals surface area contributed by atoms with Crippen molar-refractivity contribution in [2.75, 3.05) is 18.0 Å². The number of rotatable bonds is 4. The molecule has 3 nitrogen and oxygen atoms in total. The molecular formula is C16H27N3S. The molecule has 1 saturated heterocycles. The zero-order valence-electron chi connectivity index (χ0n) is 13.0. The fourth-order valence-corrected chi connectivity index (χ4v) is 5.00. The van der Waals surface area contributed by atoms with Crippen LogP contribution in [0.15, 0.2) is 0 Å². The number of nitrogens with one attached hydrogen (secondary N) is 1. The topological polar surface area (TPSA) is 28.2 Å². The number of nitrogens with zero attached hydrogens (tertiary/aromatic N) is 2. The van der Waals surface area contributed by atoms with Crippen LogP contribution in [0.1, 0.15) is 63.1 Å². The van der Waals surface area contributed by atoms with Gasteiger partial charge in [-0.2, -0.15) is 0 Å². The minimum absolute atomic E-state index is 0.551. The minimum Gasteiger partial charge on any atom is -0.345 e. The summed E-state index contributed by atoms with van der Waals surface area (Å²) in [4.78, 5) is 9.10. The number of fused-ring (bicyclic) bond motifs is 1. The third kappa shape index (κ3) is 2.60. The summed E-state index contributed by atoms with van der Waals surface area (Å²) in [5.74, 6) is 0.725. The SMILES string of the molecule is CCNC1CCCc2nc(N3CCCC3C(C)C)sc21. The molecular weight excluding hydrogens is 266 g/mol. The Bertz CT molecular complexity index is 455. The molecule has 2 atom stereocenters. The van der Waals surface area contributed by atoms with Gasteiger partial charge in [-0.1, -0.05) is 32.1 Å². The first kappa shape index (κ1) is 14.3. The van der Waals surface area contributed by atoms with Crippen LogP contribution in [0.5, 0.6) is 0 Å². The normalized spacial score (nSPS) is 26.3. The molecule has 2 unspecified atom stereocenters. The maximum Gasteiger partial charge on any atom is 0.186 e. The molecule has 2 aliphatic rings. The molecule has 0 bridgehead atoms. The Hall–Kier alpha value is -0.610. The second-order valence-electron chi connectivity index (χ2n) is 6.46. The number of thiazole rings is 1. The van der Waals surface area contributed by atoms with E-state index in [-0.39, 0.29) is 0 Å². The molecule has 0 aromatic carbocycles. The Morgan fingerprint density at radius 3 is 2.95 bits per heavy atom. The predicted octanol–water partition coefficient (Wildman–Crippen LogP) is 3.75. The van der Waals surface area contributed by atoms with Gasteiger partial charge >= 0.3 is 0 Å². The van der Waals surface area contributed by atoms with Crippen LogP contribution in [0.2, 0.25) is 0 Å². The summed E-state index contributed by atoms with van der Waals surface area (Å²) >= 11 is 1.95. The third-order valence-corrected chi connectivity index (χ3v) is 5.95. The van der Waals surface area contributed by atoms with E-state index in [0.29, 0.717) is 12.1 Å². The summed E-state index contributed by atoms with van der Waals surface area (Å²) < 4.78 is 0. The van der Waals surface area contributed by atoms with Gasteiger partial charge in [0, 0.05) is 23.5 Å². The van der Waals surface area contributed by atoms with Crippen LogP contribution in [0.3, 0.4) is 0 Å². The lowest BCUT2D eigenvalue weighted by atomic mass is 9.98. The van der Waals surface area contributed by atoms with Crippen LogP contribution >= 0.6 is 11.3 Å². The monoisotopic (exact) mass is 293 g/mol. The second-order valence-corrected chi connectivity index (χ2v) is 7.47. The van der Waals surface area contributed by atoms with E-state index in [1.54, 1.807) is 0 Å². The highest BCUT2D eigenvalue weighted by Gasteiger charge is 2.32. The Morgan fingerprint density at radius 1 is 1.35 bits per heavy atom. The van der Waals surface area contributed by atoms with Gasteiger partial charge in [0.05, 0.1) is 5.69 Å². The van der Waals surface area contributed by atoms with Crippen molar-refractivity contribution < 1.29 is 0 Å². The van der Waals surface area contributed by atoms with E-state index in [9.17, 15) is 0 Å². The van der Waals surface area contributed by atoms with Crippen molar-refractivity contribution in [2.45, 2.75) is 65.0 Å². The fourth-order valence-electron chi connectivity index (χ4n) is 3.69. The second kappa shape index (κ2) is 6.02. The molecule has 1 aliphatic carbocycles. The van der Waals surface area contributed by atoms with Gasteiger partial charge < -0.3 is 10.2 Å². The minimum atomic E-state index is 0.551. The summed E-state index contributed by atoms with van der Waals surface area (Å²) in [7, 11) is 0. The highest BCUT2D eigenvalue weighted by molar-refractivity contribution is 7.15. The van der Waals surface area contributed by atoms with E-state index in [2.05, 4.69) is 31.0 Å². The summed E-state index contributed by atoms with van der Waals surface area (Å²) in [6.07, 6.45) is 6.38. The zero-order valence-corrected chi connectivity index (χ0v) is 13.8. The molecule has 0 spiro atoms. The van der Waals surface area contributed by atoms with Crippen molar-refractivity contribution in [1.82, 2.24) is 10.3 Å². The summed E-state index contributed by atoms with van der Waals surface area (Å²) in [5.41, 5.74) is 1.37. The van der Waals surface area contributed by atoms with Crippen LogP contribution in [0, 0.1) is 5.92 Å². The summed E-state index contributed by atoms with van der Waals surface area (Å²) in [5, 5.41) is 4.92. The number of hydrogen-bond acceptors (Lipinski definition) is 4. The Labute approximate surface area is 126 Å². The maximum absolute atomic E-state index is 5.00. The largest absolute Gasteiger partial charge is 0.345 e. The van der Waals surface area contributed by atoms with Crippen molar-refractivity contribution in [3.05, 3.63) is 10.6 Å². The standard InChI is InChI=1S/C16H27N3S/c1-4-17-12-7-5-8-13-15(12)20-16(18-13)19-10-6-9-14(19)11(2)3/h11-12,14,17H,4-10H2,1-3H3. The first-order valence-electron chi connectivity index (χ1n) is 8.20. The van der Waals surface area contributed by atoms with Gasteiger partial charge in [0.15, 0.2) is 5.13 Å². The van der Waals surface area contributed by atoms with Crippen LogP contribution in [0.25, 0.3) is 0 Å². The lowest BCUT2D eigenvalue weighted by Crippen LogP contribution is -2.33. The van der Waals surface area contributed by atoms with Gasteiger partial charge in [-0.15, -0.1) is 0 Å². The van der Waals surface area contributed by atoms with Crippen molar-refractivity contribution in [3.8, 4) is 0 Å². The molecule has 0 saturated carbocycles. The molecule has 1 aliphatic heterocycles. The fraction of sp³-hybridized carbons (Fsp3) is 0.812. The van der Waals surface area contributed by atoms with Gasteiger partial charge in [0.1, 0.15) is 0 Å². The molecule has 1 aromatic rings. The van der Waals surface area contributed by atoms with Gasteiger partial charge in [-0.05, 0) is 44.6 Å².